The van der Waals surface area contributed by atoms with Crippen molar-refractivity contribution in [2.75, 3.05) is 7.11 Å². The van der Waals surface area contributed by atoms with E-state index < -0.39 is 29.0 Å². The van der Waals surface area contributed by atoms with Crippen LogP contribution in [-0.4, -0.2) is 40.6 Å². The number of ether oxygens (including phenoxy) is 1. The van der Waals surface area contributed by atoms with Crippen LogP contribution in [-0.2, 0) is 15.1 Å². The average Bonchev–Trinajstić information content (AvgIpc) is 2.70. The van der Waals surface area contributed by atoms with Crippen LogP contribution in [0.25, 0.3) is 0 Å². The molecule has 1 fully saturated rings. The molecule has 0 saturated carbocycles. The normalized spacial score (nSPS) is 21.7. The predicted octanol–water partition coefficient (Wildman–Crippen LogP) is 1.33. The molecular weight excluding hydrogens is 288 g/mol. The molecule has 7 heteroatoms. The highest BCUT2D eigenvalue weighted by Gasteiger charge is 2.56. The molecule has 0 spiro atoms. The van der Waals surface area contributed by atoms with E-state index in [9.17, 15) is 19.5 Å². The summed E-state index contributed by atoms with van der Waals surface area (Å²) >= 11 is 0. The Morgan fingerprint density at radius 1 is 1.27 bits per heavy atom. The third kappa shape index (κ3) is 2.18. The van der Waals surface area contributed by atoms with Crippen LogP contribution in [0.5, 0.6) is 5.75 Å². The lowest BCUT2D eigenvalue weighted by molar-refractivity contribution is -0.153. The van der Waals surface area contributed by atoms with Crippen LogP contribution < -0.4 is 10.1 Å². The van der Waals surface area contributed by atoms with E-state index in [4.69, 9.17) is 4.74 Å². The molecule has 1 aliphatic heterocycles. The molecule has 1 atom stereocenters. The quantitative estimate of drug-likeness (QED) is 0.818. The highest BCUT2D eigenvalue weighted by Crippen LogP contribution is 2.33. The number of hydrogen-bond donors (Lipinski definition) is 2. The molecule has 0 aliphatic carbocycles. The number of amides is 3. The van der Waals surface area contributed by atoms with E-state index in [0.717, 1.165) is 4.90 Å². The lowest BCUT2D eigenvalue weighted by Gasteiger charge is -2.30. The van der Waals surface area contributed by atoms with Gasteiger partial charge in [0.05, 0.1) is 7.11 Å². The van der Waals surface area contributed by atoms with Crippen LogP contribution in [0.3, 0.4) is 0 Å². The van der Waals surface area contributed by atoms with E-state index in [1.165, 1.54) is 21.0 Å². The molecule has 1 aromatic rings. The third-order valence-electron chi connectivity index (χ3n) is 3.94. The van der Waals surface area contributed by atoms with Crippen molar-refractivity contribution in [3.63, 3.8) is 0 Å². The Hall–Kier alpha value is -2.57. The van der Waals surface area contributed by atoms with Gasteiger partial charge in [0.1, 0.15) is 16.8 Å². The number of urea groups is 1. The van der Waals surface area contributed by atoms with Crippen molar-refractivity contribution in [2.45, 2.75) is 31.8 Å². The van der Waals surface area contributed by atoms with Crippen LogP contribution in [0.15, 0.2) is 24.3 Å². The molecule has 118 valence electrons. The van der Waals surface area contributed by atoms with E-state index in [1.54, 1.807) is 31.2 Å². The van der Waals surface area contributed by atoms with E-state index >= 15 is 0 Å². The van der Waals surface area contributed by atoms with Gasteiger partial charge >= 0.3 is 12.0 Å². The van der Waals surface area contributed by atoms with Gasteiger partial charge in [-0.1, -0.05) is 12.1 Å². The second-order valence-corrected chi connectivity index (χ2v) is 5.79. The number of hydrogen-bond acceptors (Lipinski definition) is 4. The summed E-state index contributed by atoms with van der Waals surface area (Å²) < 4.78 is 5.06. The fourth-order valence-electron chi connectivity index (χ4n) is 2.36. The summed E-state index contributed by atoms with van der Waals surface area (Å²) in [6, 6.07) is 5.94. The zero-order valence-corrected chi connectivity index (χ0v) is 12.8. The fourth-order valence-corrected chi connectivity index (χ4v) is 2.36. The van der Waals surface area contributed by atoms with Gasteiger partial charge in [-0.25, -0.2) is 14.5 Å². The van der Waals surface area contributed by atoms with Gasteiger partial charge in [0.2, 0.25) is 0 Å². The van der Waals surface area contributed by atoms with Crippen molar-refractivity contribution in [1.82, 2.24) is 10.2 Å². The Balaban J connectivity index is 2.43. The first kappa shape index (κ1) is 15.8. The largest absolute Gasteiger partial charge is 0.497 e. The second kappa shape index (κ2) is 5.01. The maximum Gasteiger partial charge on any atom is 0.329 e. The van der Waals surface area contributed by atoms with Gasteiger partial charge in [0.25, 0.3) is 5.91 Å². The number of imide groups is 1. The summed E-state index contributed by atoms with van der Waals surface area (Å²) in [6.07, 6.45) is 0. The minimum atomic E-state index is -1.63. The molecule has 2 rings (SSSR count). The maximum absolute atomic E-state index is 12.7. The van der Waals surface area contributed by atoms with E-state index in [2.05, 4.69) is 5.32 Å². The molecule has 0 bridgehead atoms. The molecule has 1 aliphatic rings. The molecule has 0 aromatic heterocycles. The van der Waals surface area contributed by atoms with Crippen LogP contribution in [0.4, 0.5) is 4.79 Å². The van der Waals surface area contributed by atoms with Gasteiger partial charge in [-0.3, -0.25) is 4.79 Å². The van der Waals surface area contributed by atoms with Crippen LogP contribution in [0.1, 0.15) is 26.3 Å². The number of carboxylic acids is 1. The topological polar surface area (TPSA) is 95.9 Å². The van der Waals surface area contributed by atoms with Crippen molar-refractivity contribution in [1.29, 1.82) is 0 Å². The van der Waals surface area contributed by atoms with Gasteiger partial charge in [-0.15, -0.1) is 0 Å². The van der Waals surface area contributed by atoms with Crippen molar-refractivity contribution >= 4 is 17.9 Å². The number of rotatable bonds is 4. The van der Waals surface area contributed by atoms with Gasteiger partial charge in [0.15, 0.2) is 0 Å². The summed E-state index contributed by atoms with van der Waals surface area (Å²) in [5.41, 5.74) is -2.39. The number of benzene rings is 1. The minimum Gasteiger partial charge on any atom is -0.497 e. The molecule has 0 radical (unpaired) electrons. The monoisotopic (exact) mass is 306 g/mol. The maximum atomic E-state index is 12.7. The average molecular weight is 306 g/mol. The van der Waals surface area contributed by atoms with Crippen LogP contribution >= 0.6 is 0 Å². The first-order chi connectivity index (χ1) is 10.1. The Labute approximate surface area is 127 Å². The summed E-state index contributed by atoms with van der Waals surface area (Å²) in [6.45, 7) is 4.17. The van der Waals surface area contributed by atoms with Crippen molar-refractivity contribution in [3.05, 3.63) is 29.8 Å². The summed E-state index contributed by atoms with van der Waals surface area (Å²) in [5.74, 6) is -1.24. The van der Waals surface area contributed by atoms with Crippen LogP contribution in [0, 0.1) is 0 Å². The van der Waals surface area contributed by atoms with Gasteiger partial charge in [0, 0.05) is 0 Å². The van der Waals surface area contributed by atoms with Crippen LogP contribution in [0.2, 0.25) is 0 Å². The lowest BCUT2D eigenvalue weighted by Crippen LogP contribution is -2.54. The predicted molar refractivity (Wildman–Crippen MR) is 77.4 cm³/mol. The van der Waals surface area contributed by atoms with Crippen molar-refractivity contribution in [3.8, 4) is 5.75 Å². The van der Waals surface area contributed by atoms with E-state index in [0.29, 0.717) is 11.3 Å². The smallest absolute Gasteiger partial charge is 0.329 e. The number of carbonyl (C=O) groups excluding carboxylic acids is 2. The molecular formula is C15H18N2O5. The molecule has 3 amide bonds. The van der Waals surface area contributed by atoms with E-state index in [-0.39, 0.29) is 0 Å². The first-order valence-electron chi connectivity index (χ1n) is 6.69. The van der Waals surface area contributed by atoms with Crippen molar-refractivity contribution < 1.29 is 24.2 Å². The fraction of sp³-hybridized carbons (Fsp3) is 0.400. The van der Waals surface area contributed by atoms with E-state index in [1.807, 2.05) is 0 Å². The molecule has 1 saturated heterocycles. The lowest BCUT2D eigenvalue weighted by atomic mass is 9.90. The SMILES string of the molecule is COc1ccc(C2(C)NC(=O)N(C(C)(C)C(=O)O)C2=O)cc1. The molecule has 1 aromatic carbocycles. The zero-order chi connectivity index (χ0) is 16.7. The summed E-state index contributed by atoms with van der Waals surface area (Å²) in [4.78, 5) is 36.9. The zero-order valence-electron chi connectivity index (χ0n) is 12.8. The van der Waals surface area contributed by atoms with Crippen molar-refractivity contribution in [2.24, 2.45) is 0 Å². The molecule has 1 unspecified atom stereocenters. The Morgan fingerprint density at radius 2 is 1.82 bits per heavy atom. The molecule has 7 nitrogen and oxygen atoms in total. The summed E-state index contributed by atoms with van der Waals surface area (Å²) in [7, 11) is 1.52. The Bertz CT molecular complexity index is 638. The highest BCUT2D eigenvalue weighted by atomic mass is 16.5. The molecule has 2 N–H and O–H groups in total. The number of nitrogens with one attached hydrogen (secondary N) is 1. The highest BCUT2D eigenvalue weighted by molar-refractivity contribution is 6.10. The van der Waals surface area contributed by atoms with Gasteiger partial charge < -0.3 is 15.2 Å². The number of methoxy groups -OCH3 is 1. The number of carbonyl (C=O) groups is 3. The third-order valence-corrected chi connectivity index (χ3v) is 3.94. The van der Waals surface area contributed by atoms with Gasteiger partial charge in [-0.05, 0) is 38.5 Å². The Morgan fingerprint density at radius 3 is 2.27 bits per heavy atom. The molecule has 22 heavy (non-hydrogen) atoms. The minimum absolute atomic E-state index is 0.551. The number of aliphatic carboxylic acids is 1. The second-order valence-electron chi connectivity index (χ2n) is 5.79. The Kier molecular flexibility index (Phi) is 3.60. The molecule has 1 heterocycles. The standard InChI is InChI=1S/C15H18N2O5/c1-14(2,12(19)20)17-11(18)15(3,16-13(17)21)9-5-7-10(22-4)8-6-9/h5-8H,1-4H3,(H,16,21)(H,19,20). The summed E-state index contributed by atoms with van der Waals surface area (Å²) in [5, 5.41) is 11.8. The number of carboxylic acid groups (broad SMARTS) is 1. The van der Waals surface area contributed by atoms with Gasteiger partial charge in [-0.2, -0.15) is 0 Å². The first-order valence-corrected chi connectivity index (χ1v) is 6.69. The number of nitrogens with zero attached hydrogens (tertiary/aromatic N) is 1.